The van der Waals surface area contributed by atoms with Crippen molar-refractivity contribution in [2.24, 2.45) is 11.7 Å². The molecule has 94 valence electrons. The third-order valence-corrected chi connectivity index (χ3v) is 5.52. The highest BCUT2D eigenvalue weighted by molar-refractivity contribution is 7.15. The quantitative estimate of drug-likeness (QED) is 0.898. The molecule has 3 nitrogen and oxygen atoms in total. The van der Waals surface area contributed by atoms with Gasteiger partial charge in [0.1, 0.15) is 0 Å². The number of aromatic nitrogens is 1. The maximum Gasteiger partial charge on any atom is 0.185 e. The van der Waals surface area contributed by atoms with E-state index in [0.29, 0.717) is 6.04 Å². The number of nitrogens with zero attached hydrogens (tertiary/aromatic N) is 2. The molecule has 0 bridgehead atoms. The van der Waals surface area contributed by atoms with E-state index in [0.717, 1.165) is 18.8 Å². The summed E-state index contributed by atoms with van der Waals surface area (Å²) in [5, 5.41) is 1.17. The molecular formula is C13H21N3S. The molecule has 2 aliphatic rings. The van der Waals surface area contributed by atoms with Gasteiger partial charge < -0.3 is 10.6 Å². The summed E-state index contributed by atoms with van der Waals surface area (Å²) in [6.07, 6.45) is 6.20. The van der Waals surface area contributed by atoms with E-state index in [1.165, 1.54) is 35.0 Å². The maximum absolute atomic E-state index is 6.16. The van der Waals surface area contributed by atoms with Gasteiger partial charge in [-0.2, -0.15) is 0 Å². The molecule has 2 atom stereocenters. The van der Waals surface area contributed by atoms with Crippen molar-refractivity contribution in [1.82, 2.24) is 4.98 Å². The summed E-state index contributed by atoms with van der Waals surface area (Å²) < 4.78 is 0. The van der Waals surface area contributed by atoms with Gasteiger partial charge in [-0.15, -0.1) is 0 Å². The van der Waals surface area contributed by atoms with Crippen LogP contribution in [-0.2, 0) is 6.42 Å². The van der Waals surface area contributed by atoms with Gasteiger partial charge >= 0.3 is 0 Å². The first-order valence-electron chi connectivity index (χ1n) is 6.65. The van der Waals surface area contributed by atoms with E-state index >= 15 is 0 Å². The van der Waals surface area contributed by atoms with Crippen molar-refractivity contribution >= 4 is 16.5 Å². The fraction of sp³-hybridized carbons (Fsp3) is 0.769. The van der Waals surface area contributed by atoms with Crippen LogP contribution in [0.25, 0.3) is 0 Å². The Bertz CT molecular complexity index is 411. The zero-order valence-electron chi connectivity index (χ0n) is 10.6. The second-order valence-electron chi connectivity index (χ2n) is 5.50. The van der Waals surface area contributed by atoms with Crippen molar-refractivity contribution in [2.45, 2.75) is 51.1 Å². The molecule has 1 aromatic rings. The summed E-state index contributed by atoms with van der Waals surface area (Å²) in [5.41, 5.74) is 7.42. The average Bonchev–Trinajstić information content (AvgIpc) is 3.07. The first-order chi connectivity index (χ1) is 8.16. The van der Waals surface area contributed by atoms with Gasteiger partial charge in [0.2, 0.25) is 0 Å². The number of hydrogen-bond donors (Lipinski definition) is 1. The number of aryl methyl sites for hydroxylation is 1. The zero-order chi connectivity index (χ0) is 12.0. The van der Waals surface area contributed by atoms with E-state index in [9.17, 15) is 0 Å². The minimum atomic E-state index is 0.231. The Kier molecular flexibility index (Phi) is 2.87. The van der Waals surface area contributed by atoms with Crippen molar-refractivity contribution in [3.05, 3.63) is 10.6 Å². The Morgan fingerprint density at radius 3 is 2.82 bits per heavy atom. The predicted octanol–water partition coefficient (Wildman–Crippen LogP) is 2.71. The summed E-state index contributed by atoms with van der Waals surface area (Å²) in [6.45, 7) is 2.32. The Morgan fingerprint density at radius 2 is 2.18 bits per heavy atom. The normalized spacial score (nSPS) is 25.5. The molecule has 0 radical (unpaired) electrons. The lowest BCUT2D eigenvalue weighted by Crippen LogP contribution is -2.30. The lowest BCUT2D eigenvalue weighted by Gasteiger charge is -2.23. The number of fused-ring (bicyclic) bond motifs is 1. The fourth-order valence-corrected chi connectivity index (χ4v) is 3.86. The molecule has 1 heterocycles. The van der Waals surface area contributed by atoms with E-state index in [-0.39, 0.29) is 6.04 Å². The first-order valence-corrected chi connectivity index (χ1v) is 7.46. The van der Waals surface area contributed by atoms with Crippen LogP contribution in [0.15, 0.2) is 0 Å². The summed E-state index contributed by atoms with van der Waals surface area (Å²) in [6, 6.07) is 0.855. The van der Waals surface area contributed by atoms with Crippen LogP contribution in [-0.4, -0.2) is 18.1 Å². The highest BCUT2D eigenvalue weighted by atomic mass is 32.1. The fourth-order valence-electron chi connectivity index (χ4n) is 2.66. The molecule has 1 saturated carbocycles. The topological polar surface area (TPSA) is 42.2 Å². The van der Waals surface area contributed by atoms with E-state index < -0.39 is 0 Å². The third-order valence-electron chi connectivity index (χ3n) is 4.20. The van der Waals surface area contributed by atoms with Gasteiger partial charge in [-0.1, -0.05) is 11.3 Å². The standard InChI is InChI=1S/C13H21N3S/c1-8(9-6-7-9)16(2)13-15-11-5-3-4-10(14)12(11)17-13/h8-10H,3-7,14H2,1-2H3. The Balaban J connectivity index is 1.83. The molecule has 0 aliphatic heterocycles. The van der Waals surface area contributed by atoms with Gasteiger partial charge in [-0.25, -0.2) is 4.98 Å². The highest BCUT2D eigenvalue weighted by Crippen LogP contribution is 2.40. The smallest absolute Gasteiger partial charge is 0.185 e. The van der Waals surface area contributed by atoms with Gasteiger partial charge in [-0.3, -0.25) is 0 Å². The minimum Gasteiger partial charge on any atom is -0.348 e. The molecule has 1 fully saturated rings. The van der Waals surface area contributed by atoms with Crippen LogP contribution in [0.3, 0.4) is 0 Å². The van der Waals surface area contributed by atoms with E-state index in [1.54, 1.807) is 0 Å². The number of nitrogens with two attached hydrogens (primary N) is 1. The van der Waals surface area contributed by atoms with Crippen LogP contribution in [0.4, 0.5) is 5.13 Å². The van der Waals surface area contributed by atoms with Gasteiger partial charge in [-0.05, 0) is 44.9 Å². The SMILES string of the molecule is CC(C1CC1)N(C)c1nc2c(s1)C(N)CCC2. The number of thiazole rings is 1. The molecule has 17 heavy (non-hydrogen) atoms. The molecule has 4 heteroatoms. The molecule has 0 amide bonds. The summed E-state index contributed by atoms with van der Waals surface area (Å²) in [4.78, 5) is 8.49. The minimum absolute atomic E-state index is 0.231. The highest BCUT2D eigenvalue weighted by Gasteiger charge is 2.32. The van der Waals surface area contributed by atoms with Gasteiger partial charge in [0, 0.05) is 24.0 Å². The summed E-state index contributed by atoms with van der Waals surface area (Å²) >= 11 is 1.81. The van der Waals surface area contributed by atoms with Gasteiger partial charge in [0.05, 0.1) is 5.69 Å². The average molecular weight is 251 g/mol. The molecule has 2 unspecified atom stereocenters. The van der Waals surface area contributed by atoms with Crippen LogP contribution >= 0.6 is 11.3 Å². The zero-order valence-corrected chi connectivity index (χ0v) is 11.5. The van der Waals surface area contributed by atoms with E-state index in [4.69, 9.17) is 10.7 Å². The van der Waals surface area contributed by atoms with Crippen LogP contribution in [0.2, 0.25) is 0 Å². The second-order valence-corrected chi connectivity index (χ2v) is 6.50. The van der Waals surface area contributed by atoms with Crippen molar-refractivity contribution < 1.29 is 0 Å². The van der Waals surface area contributed by atoms with Crippen molar-refractivity contribution in [3.63, 3.8) is 0 Å². The van der Waals surface area contributed by atoms with Crippen LogP contribution in [0.1, 0.15) is 49.2 Å². The van der Waals surface area contributed by atoms with Crippen molar-refractivity contribution in [1.29, 1.82) is 0 Å². The van der Waals surface area contributed by atoms with Crippen molar-refractivity contribution in [2.75, 3.05) is 11.9 Å². The molecule has 0 saturated heterocycles. The largest absolute Gasteiger partial charge is 0.348 e. The predicted molar refractivity (Wildman–Crippen MR) is 72.6 cm³/mol. The lowest BCUT2D eigenvalue weighted by molar-refractivity contribution is 0.572. The van der Waals surface area contributed by atoms with Gasteiger partial charge in [0.15, 0.2) is 5.13 Å². The summed E-state index contributed by atoms with van der Waals surface area (Å²) in [5.74, 6) is 0.884. The molecule has 3 rings (SSSR count). The van der Waals surface area contributed by atoms with E-state index in [2.05, 4.69) is 18.9 Å². The molecule has 2 aliphatic carbocycles. The Hall–Kier alpha value is -0.610. The van der Waals surface area contributed by atoms with Crippen LogP contribution < -0.4 is 10.6 Å². The number of rotatable bonds is 3. The van der Waals surface area contributed by atoms with E-state index in [1.807, 2.05) is 11.3 Å². The monoisotopic (exact) mass is 251 g/mol. The van der Waals surface area contributed by atoms with Crippen molar-refractivity contribution in [3.8, 4) is 0 Å². The Morgan fingerprint density at radius 1 is 1.41 bits per heavy atom. The first kappa shape index (κ1) is 11.5. The van der Waals surface area contributed by atoms with Crippen LogP contribution in [0.5, 0.6) is 0 Å². The second kappa shape index (κ2) is 4.25. The lowest BCUT2D eigenvalue weighted by atomic mass is 9.99. The third kappa shape index (κ3) is 2.08. The molecule has 1 aromatic heterocycles. The number of hydrogen-bond acceptors (Lipinski definition) is 4. The van der Waals surface area contributed by atoms with Gasteiger partial charge in [0.25, 0.3) is 0 Å². The Labute approximate surface area is 107 Å². The summed E-state index contributed by atoms with van der Waals surface area (Å²) in [7, 11) is 2.18. The molecular weight excluding hydrogens is 230 g/mol. The molecule has 0 spiro atoms. The van der Waals surface area contributed by atoms with Crippen LogP contribution in [0, 0.1) is 5.92 Å². The molecule has 0 aromatic carbocycles. The number of anilines is 1. The maximum atomic E-state index is 6.16. The molecule has 2 N–H and O–H groups in total.